The third-order valence-electron chi connectivity index (χ3n) is 6.51. The highest BCUT2D eigenvalue weighted by Crippen LogP contribution is 2.69. The Bertz CT molecular complexity index is 343. The zero-order valence-electron chi connectivity index (χ0n) is 10.8. The highest BCUT2D eigenvalue weighted by atomic mass is 16.3. The normalized spacial score (nSPS) is 54.1. The third-order valence-corrected chi connectivity index (χ3v) is 6.51. The van der Waals surface area contributed by atoms with Gasteiger partial charge in [-0.1, -0.05) is 32.9 Å². The molecular weight excluding hydrogens is 196 g/mol. The second-order valence-electron chi connectivity index (χ2n) is 7.06. The Morgan fingerprint density at radius 2 is 2.06 bits per heavy atom. The molecule has 0 aliphatic heterocycles. The van der Waals surface area contributed by atoms with Crippen molar-refractivity contribution in [1.29, 1.82) is 0 Å². The molecule has 2 bridgehead atoms. The van der Waals surface area contributed by atoms with Crippen LogP contribution >= 0.6 is 0 Å². The van der Waals surface area contributed by atoms with Gasteiger partial charge in [-0.05, 0) is 54.3 Å². The Morgan fingerprint density at radius 1 is 1.38 bits per heavy atom. The molecule has 3 aliphatic carbocycles. The van der Waals surface area contributed by atoms with Crippen LogP contribution in [0.5, 0.6) is 0 Å². The molecule has 0 aromatic heterocycles. The maximum absolute atomic E-state index is 10.2. The second kappa shape index (κ2) is 2.93. The van der Waals surface area contributed by atoms with Crippen LogP contribution in [0.1, 0.15) is 46.5 Å². The molecule has 16 heavy (non-hydrogen) atoms. The fraction of sp³-hybridized carbons (Fsp3) is 0.867. The molecule has 1 spiro atoms. The third kappa shape index (κ3) is 1.01. The van der Waals surface area contributed by atoms with E-state index >= 15 is 0 Å². The summed E-state index contributed by atoms with van der Waals surface area (Å²) in [5, 5.41) is 10.2. The van der Waals surface area contributed by atoms with Crippen molar-refractivity contribution in [2.45, 2.75) is 52.6 Å². The first-order valence-electron chi connectivity index (χ1n) is 6.77. The standard InChI is InChI=1S/C15H24O/c1-9-12-7-13(16)10(2)15(12)6-5-11(8-15)14(9,3)4/h10-13,16H,1,5-8H2,2-4H3/t10-,11?,12+,13-,15-/m0/s1. The summed E-state index contributed by atoms with van der Waals surface area (Å²) in [5.41, 5.74) is 2.15. The summed E-state index contributed by atoms with van der Waals surface area (Å²) in [6.45, 7) is 11.4. The maximum atomic E-state index is 10.2. The number of allylic oxidation sites excluding steroid dienone is 1. The van der Waals surface area contributed by atoms with Crippen LogP contribution < -0.4 is 0 Å². The largest absolute Gasteiger partial charge is 0.393 e. The van der Waals surface area contributed by atoms with Gasteiger partial charge in [-0.15, -0.1) is 0 Å². The molecule has 0 aromatic rings. The van der Waals surface area contributed by atoms with E-state index in [1.165, 1.54) is 24.8 Å². The number of fused-ring (bicyclic) bond motifs is 1. The minimum atomic E-state index is -0.0885. The van der Waals surface area contributed by atoms with Gasteiger partial charge in [0.05, 0.1) is 6.10 Å². The van der Waals surface area contributed by atoms with Gasteiger partial charge in [0.15, 0.2) is 0 Å². The summed E-state index contributed by atoms with van der Waals surface area (Å²) in [6.07, 6.45) is 4.88. The second-order valence-corrected chi connectivity index (χ2v) is 7.06. The summed E-state index contributed by atoms with van der Waals surface area (Å²) in [5.74, 6) is 1.88. The minimum absolute atomic E-state index is 0.0885. The van der Waals surface area contributed by atoms with Crippen molar-refractivity contribution in [2.75, 3.05) is 0 Å². The van der Waals surface area contributed by atoms with Crippen LogP contribution in [0.15, 0.2) is 12.2 Å². The van der Waals surface area contributed by atoms with E-state index in [1.54, 1.807) is 0 Å². The molecule has 1 unspecified atom stereocenters. The van der Waals surface area contributed by atoms with Crippen LogP contribution in [0, 0.1) is 28.6 Å². The lowest BCUT2D eigenvalue weighted by atomic mass is 9.56. The Morgan fingerprint density at radius 3 is 2.75 bits per heavy atom. The molecule has 3 rings (SSSR count). The van der Waals surface area contributed by atoms with Gasteiger partial charge >= 0.3 is 0 Å². The van der Waals surface area contributed by atoms with Gasteiger partial charge in [-0.2, -0.15) is 0 Å². The van der Waals surface area contributed by atoms with E-state index in [0.717, 1.165) is 12.3 Å². The van der Waals surface area contributed by atoms with Crippen molar-refractivity contribution < 1.29 is 5.11 Å². The highest BCUT2D eigenvalue weighted by Gasteiger charge is 2.63. The summed E-state index contributed by atoms with van der Waals surface area (Å²) in [6, 6.07) is 0. The van der Waals surface area contributed by atoms with Crippen LogP contribution in [0.4, 0.5) is 0 Å². The van der Waals surface area contributed by atoms with Gasteiger partial charge in [-0.3, -0.25) is 0 Å². The van der Waals surface area contributed by atoms with Gasteiger partial charge < -0.3 is 5.11 Å². The van der Waals surface area contributed by atoms with E-state index in [1.807, 2.05) is 0 Å². The Balaban J connectivity index is 2.07. The molecule has 1 heteroatoms. The fourth-order valence-electron chi connectivity index (χ4n) is 5.03. The van der Waals surface area contributed by atoms with Crippen LogP contribution in [-0.4, -0.2) is 11.2 Å². The zero-order chi connectivity index (χ0) is 11.7. The van der Waals surface area contributed by atoms with Gasteiger partial charge in [0.1, 0.15) is 0 Å². The predicted octanol–water partition coefficient (Wildman–Crippen LogP) is 3.39. The average molecular weight is 220 g/mol. The molecule has 3 saturated carbocycles. The molecule has 0 aromatic carbocycles. The Hall–Kier alpha value is -0.300. The lowest BCUT2D eigenvalue weighted by Gasteiger charge is -2.48. The molecule has 0 heterocycles. The Labute approximate surface area is 98.9 Å². The summed E-state index contributed by atoms with van der Waals surface area (Å²) < 4.78 is 0. The quantitative estimate of drug-likeness (QED) is 0.620. The van der Waals surface area contributed by atoms with E-state index in [9.17, 15) is 5.11 Å². The van der Waals surface area contributed by atoms with Crippen molar-refractivity contribution in [3.63, 3.8) is 0 Å². The molecule has 0 amide bonds. The number of aliphatic hydroxyl groups excluding tert-OH is 1. The van der Waals surface area contributed by atoms with Crippen LogP contribution in [0.2, 0.25) is 0 Å². The van der Waals surface area contributed by atoms with Crippen molar-refractivity contribution in [3.8, 4) is 0 Å². The van der Waals surface area contributed by atoms with Crippen molar-refractivity contribution in [3.05, 3.63) is 12.2 Å². The minimum Gasteiger partial charge on any atom is -0.393 e. The topological polar surface area (TPSA) is 20.2 Å². The predicted molar refractivity (Wildman–Crippen MR) is 66.0 cm³/mol. The molecule has 3 fully saturated rings. The van der Waals surface area contributed by atoms with Gasteiger partial charge in [0, 0.05) is 0 Å². The van der Waals surface area contributed by atoms with Crippen molar-refractivity contribution in [2.24, 2.45) is 28.6 Å². The van der Waals surface area contributed by atoms with Gasteiger partial charge in [-0.25, -0.2) is 0 Å². The first-order valence-corrected chi connectivity index (χ1v) is 6.77. The lowest BCUT2D eigenvalue weighted by Crippen LogP contribution is -2.40. The zero-order valence-corrected chi connectivity index (χ0v) is 10.8. The number of hydrogen-bond acceptors (Lipinski definition) is 1. The van der Waals surface area contributed by atoms with Crippen LogP contribution in [-0.2, 0) is 0 Å². The smallest absolute Gasteiger partial charge is 0.0577 e. The summed E-state index contributed by atoms with van der Waals surface area (Å²) in [4.78, 5) is 0. The van der Waals surface area contributed by atoms with E-state index in [4.69, 9.17) is 0 Å². The molecule has 5 atom stereocenters. The van der Waals surface area contributed by atoms with Gasteiger partial charge in [0.25, 0.3) is 0 Å². The van der Waals surface area contributed by atoms with E-state index in [2.05, 4.69) is 27.4 Å². The van der Waals surface area contributed by atoms with E-state index in [0.29, 0.717) is 22.7 Å². The molecule has 3 aliphatic rings. The number of rotatable bonds is 0. The van der Waals surface area contributed by atoms with Crippen molar-refractivity contribution in [1.82, 2.24) is 0 Å². The molecule has 0 saturated heterocycles. The molecule has 1 N–H and O–H groups in total. The highest BCUT2D eigenvalue weighted by molar-refractivity contribution is 5.27. The fourth-order valence-corrected chi connectivity index (χ4v) is 5.03. The first-order chi connectivity index (χ1) is 7.39. The lowest BCUT2D eigenvalue weighted by molar-refractivity contribution is 0.0587. The molecule has 0 radical (unpaired) electrons. The first kappa shape index (κ1) is 10.8. The van der Waals surface area contributed by atoms with Crippen LogP contribution in [0.3, 0.4) is 0 Å². The average Bonchev–Trinajstić information content (AvgIpc) is 2.75. The Kier molecular flexibility index (Phi) is 1.98. The SMILES string of the molecule is C=C1[C@H]2C[C@H](O)[C@H](C)[C@@]23CCC(C3)C1(C)C. The number of aliphatic hydroxyl groups is 1. The molecule has 1 nitrogen and oxygen atoms in total. The monoisotopic (exact) mass is 220 g/mol. The van der Waals surface area contributed by atoms with E-state index in [-0.39, 0.29) is 6.10 Å². The molecule has 90 valence electrons. The summed E-state index contributed by atoms with van der Waals surface area (Å²) >= 11 is 0. The maximum Gasteiger partial charge on any atom is 0.0577 e. The van der Waals surface area contributed by atoms with Crippen molar-refractivity contribution >= 4 is 0 Å². The summed E-state index contributed by atoms with van der Waals surface area (Å²) in [7, 11) is 0. The van der Waals surface area contributed by atoms with E-state index < -0.39 is 0 Å². The van der Waals surface area contributed by atoms with Crippen LogP contribution in [0.25, 0.3) is 0 Å². The number of hydrogen-bond donors (Lipinski definition) is 1. The molecular formula is C15H24O. The van der Waals surface area contributed by atoms with Gasteiger partial charge in [0.2, 0.25) is 0 Å².